The summed E-state index contributed by atoms with van der Waals surface area (Å²) in [5.41, 5.74) is 1.35. The average Bonchev–Trinajstić information content (AvgIpc) is 3.45. The van der Waals surface area contributed by atoms with E-state index >= 15 is 0 Å². The van der Waals surface area contributed by atoms with Gasteiger partial charge < -0.3 is 9.47 Å². The number of thiazole rings is 1. The summed E-state index contributed by atoms with van der Waals surface area (Å²) in [5.74, 6) is 0.637. The van der Waals surface area contributed by atoms with E-state index in [-0.39, 0.29) is 12.0 Å². The van der Waals surface area contributed by atoms with Crippen LogP contribution in [0.4, 0.5) is 5.13 Å². The van der Waals surface area contributed by atoms with Crippen LogP contribution in [0.3, 0.4) is 0 Å². The fraction of sp³-hybridized carbons (Fsp3) is 0.450. The van der Waals surface area contributed by atoms with E-state index < -0.39 is 0 Å². The van der Waals surface area contributed by atoms with Crippen LogP contribution >= 0.6 is 11.3 Å². The lowest BCUT2D eigenvalue weighted by Crippen LogP contribution is -2.38. The molecular weight excluding hydrogens is 376 g/mol. The van der Waals surface area contributed by atoms with Gasteiger partial charge in [-0.2, -0.15) is 5.10 Å². The largest absolute Gasteiger partial charge is 0.492 e. The van der Waals surface area contributed by atoms with Gasteiger partial charge in [0.1, 0.15) is 17.0 Å². The Morgan fingerprint density at radius 2 is 2.29 bits per heavy atom. The minimum atomic E-state index is -0.105. The molecule has 7 nitrogen and oxygen atoms in total. The van der Waals surface area contributed by atoms with Crippen molar-refractivity contribution in [3.05, 3.63) is 36.2 Å². The van der Waals surface area contributed by atoms with Crippen molar-refractivity contribution in [2.45, 2.75) is 39.3 Å². The van der Waals surface area contributed by atoms with E-state index in [9.17, 15) is 4.79 Å². The number of anilines is 1. The molecule has 0 saturated carbocycles. The highest BCUT2D eigenvalue weighted by atomic mass is 32.1. The van der Waals surface area contributed by atoms with Gasteiger partial charge in [0.05, 0.1) is 24.0 Å². The summed E-state index contributed by atoms with van der Waals surface area (Å²) in [5, 5.41) is 4.90. The van der Waals surface area contributed by atoms with Crippen molar-refractivity contribution in [2.24, 2.45) is 0 Å². The molecule has 1 unspecified atom stereocenters. The van der Waals surface area contributed by atoms with E-state index in [4.69, 9.17) is 14.5 Å². The van der Waals surface area contributed by atoms with Gasteiger partial charge in [0.15, 0.2) is 5.13 Å². The summed E-state index contributed by atoms with van der Waals surface area (Å²) in [6, 6.07) is 7.62. The quantitative estimate of drug-likeness (QED) is 0.604. The van der Waals surface area contributed by atoms with Crippen molar-refractivity contribution in [3.8, 4) is 5.75 Å². The van der Waals surface area contributed by atoms with E-state index in [2.05, 4.69) is 5.10 Å². The second kappa shape index (κ2) is 8.28. The maximum Gasteiger partial charge on any atom is 0.278 e. The first-order valence-corrected chi connectivity index (χ1v) is 10.5. The molecular formula is C20H24N4O3S. The minimum absolute atomic E-state index is 0.0281. The molecule has 4 rings (SSSR count). The zero-order valence-electron chi connectivity index (χ0n) is 16.1. The number of aromatic nitrogens is 3. The first-order chi connectivity index (χ1) is 13.7. The molecule has 1 saturated heterocycles. The number of aryl methyl sites for hydroxylation is 1. The summed E-state index contributed by atoms with van der Waals surface area (Å²) in [4.78, 5) is 19.9. The number of fused-ring (bicyclic) bond motifs is 1. The van der Waals surface area contributed by atoms with Gasteiger partial charge in [-0.1, -0.05) is 17.4 Å². The van der Waals surface area contributed by atoms with E-state index in [1.54, 1.807) is 21.8 Å². The molecule has 1 aromatic carbocycles. The Morgan fingerprint density at radius 3 is 3.04 bits per heavy atom. The maximum atomic E-state index is 13.4. The van der Waals surface area contributed by atoms with Gasteiger partial charge in [0.25, 0.3) is 5.91 Å². The molecule has 1 amide bonds. The predicted molar refractivity (Wildman–Crippen MR) is 109 cm³/mol. The summed E-state index contributed by atoms with van der Waals surface area (Å²) >= 11 is 1.50. The minimum Gasteiger partial charge on any atom is -0.492 e. The number of amides is 1. The number of hydrogen-bond donors (Lipinski definition) is 0. The molecule has 8 heteroatoms. The summed E-state index contributed by atoms with van der Waals surface area (Å²) < 4.78 is 14.2. The number of rotatable bonds is 7. The SMILES string of the molecule is CCOc1cccc2sc(N(CC3CCCO3)C(=O)c3ccnn3CC)nc12. The Labute approximate surface area is 167 Å². The molecule has 148 valence electrons. The van der Waals surface area contributed by atoms with E-state index in [0.29, 0.717) is 30.5 Å². The van der Waals surface area contributed by atoms with Crippen LogP contribution in [0, 0.1) is 0 Å². The lowest BCUT2D eigenvalue weighted by molar-refractivity contribution is 0.0908. The Bertz CT molecular complexity index is 961. The Kier molecular flexibility index (Phi) is 5.59. The number of nitrogens with zero attached hydrogens (tertiary/aromatic N) is 4. The van der Waals surface area contributed by atoms with Gasteiger partial charge in [-0.15, -0.1) is 0 Å². The van der Waals surface area contributed by atoms with Gasteiger partial charge >= 0.3 is 0 Å². The van der Waals surface area contributed by atoms with E-state index in [1.165, 1.54) is 11.3 Å². The molecule has 0 N–H and O–H groups in total. The first-order valence-electron chi connectivity index (χ1n) is 9.68. The third-order valence-electron chi connectivity index (χ3n) is 4.79. The number of carbonyl (C=O) groups is 1. The number of benzene rings is 1. The monoisotopic (exact) mass is 400 g/mol. The zero-order valence-corrected chi connectivity index (χ0v) is 16.9. The molecule has 0 aliphatic carbocycles. The Balaban J connectivity index is 1.73. The van der Waals surface area contributed by atoms with Crippen molar-refractivity contribution in [2.75, 3.05) is 24.7 Å². The Hall–Kier alpha value is -2.45. The normalized spacial score (nSPS) is 16.6. The average molecular weight is 401 g/mol. The molecule has 1 fully saturated rings. The predicted octanol–water partition coefficient (Wildman–Crippen LogP) is 3.74. The number of carbonyl (C=O) groups excluding carboxylic acids is 1. The summed E-state index contributed by atoms with van der Waals surface area (Å²) in [6.45, 7) is 6.35. The number of para-hydroxylation sites is 1. The maximum absolute atomic E-state index is 13.4. The van der Waals surface area contributed by atoms with E-state index in [0.717, 1.165) is 35.4 Å². The van der Waals surface area contributed by atoms with Gasteiger partial charge in [0.2, 0.25) is 0 Å². The van der Waals surface area contributed by atoms with Crippen LogP contribution in [-0.4, -0.2) is 46.5 Å². The third kappa shape index (κ3) is 3.62. The fourth-order valence-corrected chi connectivity index (χ4v) is 4.43. The second-order valence-corrected chi connectivity index (χ2v) is 7.62. The molecule has 0 bridgehead atoms. The van der Waals surface area contributed by atoms with Crippen molar-refractivity contribution >= 4 is 32.6 Å². The molecule has 0 spiro atoms. The second-order valence-electron chi connectivity index (χ2n) is 6.62. The molecule has 3 heterocycles. The number of ether oxygens (including phenoxy) is 2. The standard InChI is InChI=1S/C20H24N4O3S/c1-3-24-15(10-11-21-24)19(25)23(13-14-7-6-12-27-14)20-22-18-16(26-4-2)8-5-9-17(18)28-20/h5,8-11,14H,3-4,6-7,12-13H2,1-2H3. The lowest BCUT2D eigenvalue weighted by Gasteiger charge is -2.23. The van der Waals surface area contributed by atoms with Gasteiger partial charge in [-0.05, 0) is 44.9 Å². The Morgan fingerprint density at radius 1 is 1.39 bits per heavy atom. The van der Waals surface area contributed by atoms with Crippen LogP contribution in [0.5, 0.6) is 5.75 Å². The van der Waals surface area contributed by atoms with E-state index in [1.807, 2.05) is 32.0 Å². The van der Waals surface area contributed by atoms with Gasteiger partial charge in [0, 0.05) is 19.3 Å². The van der Waals surface area contributed by atoms with Crippen LogP contribution in [0.2, 0.25) is 0 Å². The topological polar surface area (TPSA) is 69.5 Å². The first kappa shape index (κ1) is 18.9. The number of hydrogen-bond acceptors (Lipinski definition) is 6. The highest BCUT2D eigenvalue weighted by Gasteiger charge is 2.29. The molecule has 1 aliphatic rings. The fourth-order valence-electron chi connectivity index (χ4n) is 3.44. The highest BCUT2D eigenvalue weighted by Crippen LogP contribution is 2.35. The molecule has 1 atom stereocenters. The zero-order chi connectivity index (χ0) is 19.5. The van der Waals surface area contributed by atoms with Crippen molar-refractivity contribution in [1.82, 2.24) is 14.8 Å². The van der Waals surface area contributed by atoms with Crippen molar-refractivity contribution < 1.29 is 14.3 Å². The van der Waals surface area contributed by atoms with Crippen LogP contribution in [0.1, 0.15) is 37.2 Å². The molecule has 3 aromatic rings. The smallest absolute Gasteiger partial charge is 0.278 e. The van der Waals surface area contributed by atoms with Gasteiger partial charge in [-0.3, -0.25) is 14.4 Å². The van der Waals surface area contributed by atoms with Crippen LogP contribution in [0.25, 0.3) is 10.2 Å². The van der Waals surface area contributed by atoms with Crippen molar-refractivity contribution in [3.63, 3.8) is 0 Å². The lowest BCUT2D eigenvalue weighted by atomic mass is 10.2. The molecule has 2 aromatic heterocycles. The van der Waals surface area contributed by atoms with Crippen LogP contribution in [0.15, 0.2) is 30.5 Å². The van der Waals surface area contributed by atoms with Crippen LogP contribution in [-0.2, 0) is 11.3 Å². The molecule has 1 aliphatic heterocycles. The van der Waals surface area contributed by atoms with Crippen LogP contribution < -0.4 is 9.64 Å². The van der Waals surface area contributed by atoms with Crippen molar-refractivity contribution in [1.29, 1.82) is 0 Å². The summed E-state index contributed by atoms with van der Waals surface area (Å²) in [6.07, 6.45) is 3.66. The highest BCUT2D eigenvalue weighted by molar-refractivity contribution is 7.22. The summed E-state index contributed by atoms with van der Waals surface area (Å²) in [7, 11) is 0. The third-order valence-corrected chi connectivity index (χ3v) is 5.84. The van der Waals surface area contributed by atoms with Gasteiger partial charge in [-0.25, -0.2) is 4.98 Å². The molecule has 0 radical (unpaired) electrons. The molecule has 28 heavy (non-hydrogen) atoms.